The van der Waals surface area contributed by atoms with Gasteiger partial charge in [0.05, 0.1) is 24.5 Å². The third kappa shape index (κ3) is 4.36. The predicted molar refractivity (Wildman–Crippen MR) is 84.3 cm³/mol. The summed E-state index contributed by atoms with van der Waals surface area (Å²) in [4.78, 5) is 22.0. The molecule has 1 aliphatic rings. The summed E-state index contributed by atoms with van der Waals surface area (Å²) in [5, 5.41) is 13.5. The second-order valence-electron chi connectivity index (χ2n) is 5.24. The number of methoxy groups -OCH3 is 1. The molecule has 1 fully saturated rings. The third-order valence-electron chi connectivity index (χ3n) is 3.50. The zero-order valence-electron chi connectivity index (χ0n) is 13.1. The van der Waals surface area contributed by atoms with E-state index in [1.165, 1.54) is 23.5 Å². The third-order valence-corrected chi connectivity index (χ3v) is 5.35. The molecule has 10 heteroatoms. The van der Waals surface area contributed by atoms with Crippen LogP contribution >= 0.6 is 0 Å². The molecule has 1 heterocycles. The topological polar surface area (TPSA) is 125 Å². The van der Waals surface area contributed by atoms with Crippen molar-refractivity contribution >= 4 is 22.0 Å². The second-order valence-corrected chi connectivity index (χ2v) is 7.18. The average Bonchev–Trinajstić information content (AvgIpc) is 2.50. The number of rotatable bonds is 7. The van der Waals surface area contributed by atoms with Gasteiger partial charge in [0.1, 0.15) is 5.75 Å². The molecule has 1 aromatic rings. The van der Waals surface area contributed by atoms with E-state index in [1.54, 1.807) is 12.1 Å². The smallest absolute Gasteiger partial charge is 0.315 e. The molecule has 0 aromatic heterocycles. The van der Waals surface area contributed by atoms with Gasteiger partial charge >= 0.3 is 12.0 Å². The number of benzene rings is 1. The highest BCUT2D eigenvalue weighted by atomic mass is 32.2. The molecule has 0 aliphatic carbocycles. The number of carbonyl (C=O) groups excluding carboxylic acids is 1. The lowest BCUT2D eigenvalue weighted by Gasteiger charge is -2.38. The van der Waals surface area contributed by atoms with E-state index < -0.39 is 22.0 Å². The van der Waals surface area contributed by atoms with Gasteiger partial charge in [-0.15, -0.1) is 0 Å². The van der Waals surface area contributed by atoms with Gasteiger partial charge in [-0.2, -0.15) is 4.31 Å². The summed E-state index contributed by atoms with van der Waals surface area (Å²) in [7, 11) is -2.10. The second kappa shape index (κ2) is 7.49. The van der Waals surface area contributed by atoms with E-state index in [0.29, 0.717) is 5.75 Å². The quantitative estimate of drug-likeness (QED) is 0.623. The monoisotopic (exact) mass is 357 g/mol. The first-order valence-electron chi connectivity index (χ1n) is 7.23. The van der Waals surface area contributed by atoms with E-state index in [4.69, 9.17) is 9.84 Å². The molecule has 0 unspecified atom stereocenters. The number of sulfonamides is 1. The van der Waals surface area contributed by atoms with Crippen molar-refractivity contribution in [2.24, 2.45) is 0 Å². The molecule has 1 saturated heterocycles. The number of carboxylic acid groups (broad SMARTS) is 1. The maximum absolute atomic E-state index is 12.4. The highest BCUT2D eigenvalue weighted by molar-refractivity contribution is 7.89. The summed E-state index contributed by atoms with van der Waals surface area (Å²) in [6.07, 6.45) is -0.171. The van der Waals surface area contributed by atoms with Gasteiger partial charge in [-0.3, -0.25) is 4.79 Å². The molecule has 0 bridgehead atoms. The maximum Gasteiger partial charge on any atom is 0.315 e. The van der Waals surface area contributed by atoms with Crippen molar-refractivity contribution in [3.05, 3.63) is 24.3 Å². The van der Waals surface area contributed by atoms with E-state index in [-0.39, 0.29) is 37.0 Å². The van der Waals surface area contributed by atoms with E-state index >= 15 is 0 Å². The molecule has 2 rings (SSSR count). The molecular formula is C14H19N3O6S. The van der Waals surface area contributed by atoms with Crippen LogP contribution in [0.2, 0.25) is 0 Å². The number of urea groups is 1. The number of amides is 2. The molecule has 0 spiro atoms. The Morgan fingerprint density at radius 3 is 2.46 bits per heavy atom. The Bertz CT molecular complexity index is 698. The fourth-order valence-corrected chi connectivity index (χ4v) is 3.67. The number of nitrogens with one attached hydrogen (secondary N) is 2. The standard InChI is InChI=1S/C14H19N3O6S/c1-23-11-2-4-12(5-3-11)24(21,22)17-8-10(9-17)16-14(20)15-7-6-13(18)19/h2-5,10H,6-9H2,1H3,(H,18,19)(H2,15,16,20). The number of carbonyl (C=O) groups is 2. The number of hydrogen-bond acceptors (Lipinski definition) is 5. The van der Waals surface area contributed by atoms with Crippen LogP contribution in [-0.4, -0.2) is 62.6 Å². The van der Waals surface area contributed by atoms with Crippen LogP contribution in [0.25, 0.3) is 0 Å². The molecule has 0 radical (unpaired) electrons. The first-order valence-corrected chi connectivity index (χ1v) is 8.67. The Morgan fingerprint density at radius 1 is 1.29 bits per heavy atom. The molecule has 1 aliphatic heterocycles. The molecule has 0 saturated carbocycles. The van der Waals surface area contributed by atoms with Crippen molar-refractivity contribution in [3.63, 3.8) is 0 Å². The van der Waals surface area contributed by atoms with Crippen molar-refractivity contribution in [3.8, 4) is 5.75 Å². The molecule has 24 heavy (non-hydrogen) atoms. The Hall–Kier alpha value is -2.33. The van der Waals surface area contributed by atoms with Gasteiger partial charge < -0.3 is 20.5 Å². The minimum Gasteiger partial charge on any atom is -0.497 e. The predicted octanol–water partition coefficient (Wildman–Crippen LogP) is -0.158. The van der Waals surface area contributed by atoms with Crippen molar-refractivity contribution in [2.75, 3.05) is 26.7 Å². The summed E-state index contributed by atoms with van der Waals surface area (Å²) >= 11 is 0. The Labute approximate surface area is 139 Å². The van der Waals surface area contributed by atoms with Gasteiger partial charge in [0.2, 0.25) is 10.0 Å². The van der Waals surface area contributed by atoms with Crippen LogP contribution in [0.1, 0.15) is 6.42 Å². The Kier molecular flexibility index (Phi) is 5.62. The summed E-state index contributed by atoms with van der Waals surface area (Å²) in [6, 6.07) is 5.25. The van der Waals surface area contributed by atoms with Crippen LogP contribution in [0.3, 0.4) is 0 Å². The van der Waals surface area contributed by atoms with E-state index in [0.717, 1.165) is 0 Å². The highest BCUT2D eigenvalue weighted by Gasteiger charge is 2.37. The molecule has 1 aromatic carbocycles. The van der Waals surface area contributed by atoms with Gasteiger partial charge in [0.25, 0.3) is 0 Å². The van der Waals surface area contributed by atoms with Crippen LogP contribution in [-0.2, 0) is 14.8 Å². The zero-order valence-corrected chi connectivity index (χ0v) is 13.9. The lowest BCUT2D eigenvalue weighted by atomic mass is 10.2. The fraction of sp³-hybridized carbons (Fsp3) is 0.429. The van der Waals surface area contributed by atoms with Crippen LogP contribution in [0.5, 0.6) is 5.75 Å². The SMILES string of the molecule is COc1ccc(S(=O)(=O)N2CC(NC(=O)NCCC(=O)O)C2)cc1. The van der Waals surface area contributed by atoms with Crippen molar-refractivity contribution in [2.45, 2.75) is 17.4 Å². The molecule has 3 N–H and O–H groups in total. The summed E-state index contributed by atoms with van der Waals surface area (Å²) in [6.45, 7) is 0.350. The summed E-state index contributed by atoms with van der Waals surface area (Å²) in [5.41, 5.74) is 0. The maximum atomic E-state index is 12.4. The van der Waals surface area contributed by atoms with Crippen molar-refractivity contribution in [1.29, 1.82) is 0 Å². The van der Waals surface area contributed by atoms with E-state index in [9.17, 15) is 18.0 Å². The van der Waals surface area contributed by atoms with Gasteiger partial charge in [-0.1, -0.05) is 0 Å². The van der Waals surface area contributed by atoms with Gasteiger partial charge in [-0.25, -0.2) is 13.2 Å². The van der Waals surface area contributed by atoms with E-state index in [1.807, 2.05) is 0 Å². The van der Waals surface area contributed by atoms with E-state index in [2.05, 4.69) is 10.6 Å². The van der Waals surface area contributed by atoms with Crippen LogP contribution in [0.4, 0.5) is 4.79 Å². The molecule has 9 nitrogen and oxygen atoms in total. The van der Waals surface area contributed by atoms with Crippen molar-refractivity contribution in [1.82, 2.24) is 14.9 Å². The van der Waals surface area contributed by atoms with Crippen LogP contribution < -0.4 is 15.4 Å². The zero-order chi connectivity index (χ0) is 17.7. The minimum atomic E-state index is -3.60. The van der Waals surface area contributed by atoms with Crippen molar-refractivity contribution < 1.29 is 27.9 Å². The highest BCUT2D eigenvalue weighted by Crippen LogP contribution is 2.23. The number of hydrogen-bond donors (Lipinski definition) is 3. The largest absolute Gasteiger partial charge is 0.497 e. The van der Waals surface area contributed by atoms with Gasteiger partial charge in [-0.05, 0) is 24.3 Å². The number of carboxylic acids is 1. The normalized spacial score (nSPS) is 15.4. The summed E-state index contributed by atoms with van der Waals surface area (Å²) < 4.78 is 31.0. The number of aliphatic carboxylic acids is 1. The number of ether oxygens (including phenoxy) is 1. The minimum absolute atomic E-state index is 0.0156. The molecule has 0 atom stereocenters. The molecule has 2 amide bonds. The van der Waals surface area contributed by atoms with Gasteiger partial charge in [0.15, 0.2) is 0 Å². The lowest BCUT2D eigenvalue weighted by Crippen LogP contribution is -2.62. The summed E-state index contributed by atoms with van der Waals surface area (Å²) in [5.74, 6) is -0.439. The number of nitrogens with zero attached hydrogens (tertiary/aromatic N) is 1. The first-order chi connectivity index (χ1) is 11.3. The Morgan fingerprint density at radius 2 is 1.92 bits per heavy atom. The van der Waals surface area contributed by atoms with Gasteiger partial charge in [0, 0.05) is 19.6 Å². The lowest BCUT2D eigenvalue weighted by molar-refractivity contribution is -0.136. The first kappa shape index (κ1) is 18.0. The molecular weight excluding hydrogens is 338 g/mol. The fourth-order valence-electron chi connectivity index (χ4n) is 2.14. The Balaban J connectivity index is 1.82. The van der Waals surface area contributed by atoms with Crippen LogP contribution in [0.15, 0.2) is 29.2 Å². The van der Waals surface area contributed by atoms with Crippen LogP contribution in [0, 0.1) is 0 Å². The average molecular weight is 357 g/mol. The molecule has 132 valence electrons.